The van der Waals surface area contributed by atoms with E-state index in [1.54, 1.807) is 13.2 Å². The molecule has 0 spiro atoms. The van der Waals surface area contributed by atoms with Crippen molar-refractivity contribution in [3.8, 4) is 11.5 Å². The van der Waals surface area contributed by atoms with Gasteiger partial charge in [0.2, 0.25) is 0 Å². The molecule has 1 aromatic rings. The molecule has 0 atom stereocenters. The molecule has 0 aliphatic carbocycles. The first kappa shape index (κ1) is 24.0. The van der Waals surface area contributed by atoms with Crippen molar-refractivity contribution in [2.24, 2.45) is 5.73 Å². The summed E-state index contributed by atoms with van der Waals surface area (Å²) < 4.78 is 10.7. The fourth-order valence-electron chi connectivity index (χ4n) is 1.91. The third kappa shape index (κ3) is 9.50. The Morgan fingerprint density at radius 2 is 2.00 bits per heavy atom. The molecule has 0 aromatic heterocycles. The maximum absolute atomic E-state index is 10.9. The van der Waals surface area contributed by atoms with Crippen LogP contribution in [0.4, 0.5) is 0 Å². The van der Waals surface area contributed by atoms with Crippen LogP contribution in [-0.2, 0) is 11.3 Å². The van der Waals surface area contributed by atoms with Crippen molar-refractivity contribution in [1.82, 2.24) is 10.2 Å². The summed E-state index contributed by atoms with van der Waals surface area (Å²) in [6.07, 6.45) is 1.06. The van der Waals surface area contributed by atoms with E-state index in [0.29, 0.717) is 18.0 Å². The van der Waals surface area contributed by atoms with Crippen molar-refractivity contribution in [3.63, 3.8) is 0 Å². The lowest BCUT2D eigenvalue weighted by molar-refractivity contribution is -0.119. The van der Waals surface area contributed by atoms with E-state index < -0.39 is 5.91 Å². The van der Waals surface area contributed by atoms with E-state index in [9.17, 15) is 4.79 Å². The molecule has 0 fully saturated rings. The lowest BCUT2D eigenvalue weighted by Gasteiger charge is -2.15. The predicted octanol–water partition coefficient (Wildman–Crippen LogP) is 1.44. The Hall–Kier alpha value is -1.21. The van der Waals surface area contributed by atoms with Crippen LogP contribution >= 0.6 is 24.8 Å². The molecule has 134 valence electrons. The van der Waals surface area contributed by atoms with Crippen molar-refractivity contribution in [3.05, 3.63) is 23.8 Å². The molecule has 0 aliphatic rings. The molecule has 1 amide bonds. The zero-order chi connectivity index (χ0) is 15.7. The van der Waals surface area contributed by atoms with Gasteiger partial charge in [0.25, 0.3) is 5.91 Å². The fraction of sp³-hybridized carbons (Fsp3) is 0.533. The molecule has 6 nitrogen and oxygen atoms in total. The highest BCUT2D eigenvalue weighted by Gasteiger charge is 2.11. The first-order valence-corrected chi connectivity index (χ1v) is 6.97. The Labute approximate surface area is 150 Å². The van der Waals surface area contributed by atoms with E-state index in [0.717, 1.165) is 25.1 Å². The van der Waals surface area contributed by atoms with Gasteiger partial charge in [0, 0.05) is 12.1 Å². The van der Waals surface area contributed by atoms with Crippen LogP contribution in [0.3, 0.4) is 0 Å². The number of para-hydroxylation sites is 1. The van der Waals surface area contributed by atoms with Crippen molar-refractivity contribution in [1.29, 1.82) is 0 Å². The van der Waals surface area contributed by atoms with Crippen LogP contribution in [0.1, 0.15) is 12.0 Å². The average Bonchev–Trinajstić information content (AvgIpc) is 2.44. The molecular weight excluding hydrogens is 341 g/mol. The average molecular weight is 368 g/mol. The molecular formula is C15H27Cl2N3O3. The third-order valence-electron chi connectivity index (χ3n) is 2.91. The largest absolute Gasteiger partial charge is 0.493 e. The van der Waals surface area contributed by atoms with Gasteiger partial charge in [-0.2, -0.15) is 0 Å². The number of benzene rings is 1. The van der Waals surface area contributed by atoms with Crippen LogP contribution in [0.25, 0.3) is 0 Å². The molecule has 1 rings (SSSR count). The van der Waals surface area contributed by atoms with Gasteiger partial charge in [-0.3, -0.25) is 4.79 Å². The number of halogens is 2. The lowest BCUT2D eigenvalue weighted by Crippen LogP contribution is -2.23. The third-order valence-corrected chi connectivity index (χ3v) is 2.91. The standard InChI is InChI=1S/C15H25N3O3.2ClH/c1-18(2)9-5-8-17-10-12-6-4-7-13(20-3)15(12)21-11-14(16)19;;/h4,6-7,17H,5,8-11H2,1-3H3,(H2,16,19);2*1H. The highest BCUT2D eigenvalue weighted by Crippen LogP contribution is 2.30. The number of carbonyl (C=O) groups excluding carboxylic acids is 1. The number of rotatable bonds is 10. The second-order valence-corrected chi connectivity index (χ2v) is 5.04. The predicted molar refractivity (Wildman–Crippen MR) is 97.1 cm³/mol. The molecule has 23 heavy (non-hydrogen) atoms. The zero-order valence-electron chi connectivity index (χ0n) is 13.8. The van der Waals surface area contributed by atoms with E-state index in [2.05, 4.69) is 24.3 Å². The van der Waals surface area contributed by atoms with Crippen molar-refractivity contribution in [2.75, 3.05) is 40.9 Å². The smallest absolute Gasteiger partial charge is 0.255 e. The number of nitrogens with two attached hydrogens (primary N) is 1. The number of carbonyl (C=O) groups is 1. The summed E-state index contributed by atoms with van der Waals surface area (Å²) in [5.41, 5.74) is 6.07. The van der Waals surface area contributed by atoms with Gasteiger partial charge in [-0.15, -0.1) is 24.8 Å². The normalized spacial score (nSPS) is 9.74. The maximum Gasteiger partial charge on any atom is 0.255 e. The number of nitrogens with one attached hydrogen (secondary N) is 1. The van der Waals surface area contributed by atoms with E-state index >= 15 is 0 Å². The molecule has 1 aromatic carbocycles. The second kappa shape index (κ2) is 13.2. The summed E-state index contributed by atoms with van der Waals surface area (Å²) in [6, 6.07) is 5.64. The Morgan fingerprint density at radius 3 is 2.57 bits per heavy atom. The maximum atomic E-state index is 10.9. The van der Waals surface area contributed by atoms with Crippen molar-refractivity contribution >= 4 is 30.7 Å². The van der Waals surface area contributed by atoms with E-state index in [4.69, 9.17) is 15.2 Å². The minimum atomic E-state index is -0.509. The lowest BCUT2D eigenvalue weighted by atomic mass is 10.2. The molecule has 0 saturated carbocycles. The Kier molecular flexibility index (Phi) is 13.9. The number of amides is 1. The molecule has 0 aliphatic heterocycles. The summed E-state index contributed by atoms with van der Waals surface area (Å²) in [6.45, 7) is 2.44. The van der Waals surface area contributed by atoms with Gasteiger partial charge < -0.3 is 25.4 Å². The highest BCUT2D eigenvalue weighted by atomic mass is 35.5. The topological polar surface area (TPSA) is 76.8 Å². The van der Waals surface area contributed by atoms with Gasteiger partial charge in [-0.1, -0.05) is 12.1 Å². The summed E-state index contributed by atoms with van der Waals surface area (Å²) >= 11 is 0. The van der Waals surface area contributed by atoms with Crippen LogP contribution in [-0.4, -0.2) is 51.7 Å². The molecule has 0 radical (unpaired) electrons. The molecule has 0 unspecified atom stereocenters. The fourth-order valence-corrected chi connectivity index (χ4v) is 1.91. The monoisotopic (exact) mass is 367 g/mol. The van der Waals surface area contributed by atoms with Crippen LogP contribution in [0.2, 0.25) is 0 Å². The van der Waals surface area contributed by atoms with Crippen LogP contribution < -0.4 is 20.5 Å². The number of primary amides is 1. The van der Waals surface area contributed by atoms with Gasteiger partial charge in [-0.05, 0) is 39.7 Å². The van der Waals surface area contributed by atoms with Gasteiger partial charge in [0.1, 0.15) is 0 Å². The van der Waals surface area contributed by atoms with Gasteiger partial charge >= 0.3 is 0 Å². The molecule has 0 bridgehead atoms. The minimum Gasteiger partial charge on any atom is -0.493 e. The molecule has 0 heterocycles. The molecule has 8 heteroatoms. The first-order chi connectivity index (χ1) is 10.0. The van der Waals surface area contributed by atoms with E-state index in [1.807, 2.05) is 12.1 Å². The second-order valence-electron chi connectivity index (χ2n) is 5.04. The minimum absolute atomic E-state index is 0. The summed E-state index contributed by atoms with van der Waals surface area (Å²) in [4.78, 5) is 13.0. The van der Waals surface area contributed by atoms with Crippen LogP contribution in [0.15, 0.2) is 18.2 Å². The SMILES string of the molecule is COc1cccc(CNCCCN(C)C)c1OCC(N)=O.Cl.Cl. The summed E-state index contributed by atoms with van der Waals surface area (Å²) in [5.74, 6) is 0.661. The Bertz CT molecular complexity index is 460. The van der Waals surface area contributed by atoms with E-state index in [1.165, 1.54) is 0 Å². The van der Waals surface area contributed by atoms with Crippen LogP contribution in [0.5, 0.6) is 11.5 Å². The van der Waals surface area contributed by atoms with Crippen molar-refractivity contribution < 1.29 is 14.3 Å². The number of ether oxygens (including phenoxy) is 2. The molecule has 3 N–H and O–H groups in total. The number of hydrogen-bond acceptors (Lipinski definition) is 5. The van der Waals surface area contributed by atoms with Gasteiger partial charge in [0.15, 0.2) is 18.1 Å². The quantitative estimate of drug-likeness (QED) is 0.612. The number of methoxy groups -OCH3 is 1. The first-order valence-electron chi connectivity index (χ1n) is 6.97. The summed E-state index contributed by atoms with van der Waals surface area (Å²) in [5, 5.41) is 3.36. The summed E-state index contributed by atoms with van der Waals surface area (Å²) in [7, 11) is 5.68. The number of hydrogen-bond donors (Lipinski definition) is 2. The number of nitrogens with zero attached hydrogens (tertiary/aromatic N) is 1. The Balaban J connectivity index is 0. The highest BCUT2D eigenvalue weighted by molar-refractivity contribution is 5.85. The Morgan fingerprint density at radius 1 is 1.30 bits per heavy atom. The van der Waals surface area contributed by atoms with Gasteiger partial charge in [0.05, 0.1) is 7.11 Å². The van der Waals surface area contributed by atoms with E-state index in [-0.39, 0.29) is 31.4 Å². The van der Waals surface area contributed by atoms with Crippen LogP contribution in [0, 0.1) is 0 Å². The molecule has 0 saturated heterocycles. The van der Waals surface area contributed by atoms with Gasteiger partial charge in [-0.25, -0.2) is 0 Å². The van der Waals surface area contributed by atoms with Crippen molar-refractivity contribution in [2.45, 2.75) is 13.0 Å². The zero-order valence-corrected chi connectivity index (χ0v) is 15.5.